The first-order valence-corrected chi connectivity index (χ1v) is 10.4. The number of nitrogens with one attached hydrogen (secondary N) is 2. The molecule has 162 valence electrons. The number of hydrogen-bond donors (Lipinski definition) is 3. The SMILES string of the molecule is CC(Nc1ncnc(NCc2ccc(CC(N)=O)cc2)c1F)c1cccc2ccccc12. The number of hydrogen-bond acceptors (Lipinski definition) is 5. The number of nitrogens with zero attached hydrogens (tertiary/aromatic N) is 2. The summed E-state index contributed by atoms with van der Waals surface area (Å²) in [4.78, 5) is 19.2. The molecule has 0 fully saturated rings. The number of aromatic nitrogens is 2. The highest BCUT2D eigenvalue weighted by Crippen LogP contribution is 2.28. The number of halogens is 1. The highest BCUT2D eigenvalue weighted by molar-refractivity contribution is 5.86. The highest BCUT2D eigenvalue weighted by atomic mass is 19.1. The fraction of sp³-hybridized carbons (Fsp3) is 0.160. The Balaban J connectivity index is 1.47. The first-order chi connectivity index (χ1) is 15.5. The Hall–Kier alpha value is -4.00. The molecule has 1 heterocycles. The molecule has 0 bridgehead atoms. The van der Waals surface area contributed by atoms with Gasteiger partial charge in [0.2, 0.25) is 11.7 Å². The summed E-state index contributed by atoms with van der Waals surface area (Å²) in [7, 11) is 0. The summed E-state index contributed by atoms with van der Waals surface area (Å²) >= 11 is 0. The van der Waals surface area contributed by atoms with Gasteiger partial charge in [0.05, 0.1) is 12.5 Å². The minimum atomic E-state index is -0.537. The van der Waals surface area contributed by atoms with E-state index in [-0.39, 0.29) is 30.0 Å². The van der Waals surface area contributed by atoms with Gasteiger partial charge >= 0.3 is 0 Å². The van der Waals surface area contributed by atoms with Crippen LogP contribution in [0.2, 0.25) is 0 Å². The molecule has 0 radical (unpaired) electrons. The molecular weight excluding hydrogens is 405 g/mol. The van der Waals surface area contributed by atoms with Gasteiger partial charge in [-0.2, -0.15) is 4.39 Å². The number of benzene rings is 3. The second kappa shape index (κ2) is 9.43. The van der Waals surface area contributed by atoms with Crippen molar-refractivity contribution >= 4 is 28.3 Å². The van der Waals surface area contributed by atoms with Crippen molar-refractivity contribution in [2.75, 3.05) is 10.6 Å². The van der Waals surface area contributed by atoms with Crippen LogP contribution in [-0.2, 0) is 17.8 Å². The van der Waals surface area contributed by atoms with E-state index in [0.717, 1.165) is 27.5 Å². The molecule has 0 spiro atoms. The maximum absolute atomic E-state index is 15.1. The van der Waals surface area contributed by atoms with E-state index in [0.29, 0.717) is 6.54 Å². The third kappa shape index (κ3) is 4.83. The van der Waals surface area contributed by atoms with Gasteiger partial charge < -0.3 is 16.4 Å². The predicted molar refractivity (Wildman–Crippen MR) is 125 cm³/mol. The molecule has 7 heteroatoms. The van der Waals surface area contributed by atoms with Crippen LogP contribution in [0, 0.1) is 5.82 Å². The van der Waals surface area contributed by atoms with Crippen molar-refractivity contribution in [3.05, 3.63) is 95.6 Å². The third-order valence-corrected chi connectivity index (χ3v) is 5.29. The van der Waals surface area contributed by atoms with Crippen LogP contribution >= 0.6 is 0 Å². The number of anilines is 2. The number of carbonyl (C=O) groups excluding carboxylic acids is 1. The monoisotopic (exact) mass is 429 g/mol. The molecular formula is C25H24FN5O. The van der Waals surface area contributed by atoms with Crippen LogP contribution < -0.4 is 16.4 Å². The van der Waals surface area contributed by atoms with E-state index in [2.05, 4.69) is 38.8 Å². The zero-order valence-electron chi connectivity index (χ0n) is 17.7. The fourth-order valence-electron chi connectivity index (χ4n) is 3.67. The molecule has 32 heavy (non-hydrogen) atoms. The van der Waals surface area contributed by atoms with Gasteiger partial charge in [0.1, 0.15) is 6.33 Å². The molecule has 0 saturated carbocycles. The Morgan fingerprint density at radius 3 is 2.44 bits per heavy atom. The van der Waals surface area contributed by atoms with E-state index < -0.39 is 5.82 Å². The van der Waals surface area contributed by atoms with Gasteiger partial charge in [0, 0.05) is 6.54 Å². The van der Waals surface area contributed by atoms with E-state index >= 15 is 4.39 Å². The van der Waals surface area contributed by atoms with Crippen molar-refractivity contribution in [2.24, 2.45) is 5.73 Å². The average molecular weight is 429 g/mol. The lowest BCUT2D eigenvalue weighted by molar-refractivity contribution is -0.117. The molecule has 1 unspecified atom stereocenters. The van der Waals surface area contributed by atoms with Crippen LogP contribution in [0.5, 0.6) is 0 Å². The van der Waals surface area contributed by atoms with Gasteiger partial charge in [0.15, 0.2) is 11.6 Å². The number of fused-ring (bicyclic) bond motifs is 1. The first-order valence-electron chi connectivity index (χ1n) is 10.4. The largest absolute Gasteiger partial charge is 0.369 e. The Morgan fingerprint density at radius 1 is 0.969 bits per heavy atom. The topological polar surface area (TPSA) is 92.9 Å². The van der Waals surface area contributed by atoms with Crippen molar-refractivity contribution in [1.29, 1.82) is 0 Å². The zero-order valence-corrected chi connectivity index (χ0v) is 17.7. The summed E-state index contributed by atoms with van der Waals surface area (Å²) in [5.74, 6) is -0.657. The van der Waals surface area contributed by atoms with Crippen LogP contribution in [0.4, 0.5) is 16.0 Å². The van der Waals surface area contributed by atoms with Gasteiger partial charge in [-0.15, -0.1) is 0 Å². The molecule has 3 aromatic carbocycles. The molecule has 6 nitrogen and oxygen atoms in total. The van der Waals surface area contributed by atoms with E-state index in [1.165, 1.54) is 6.33 Å². The predicted octanol–water partition coefficient (Wildman–Crippen LogP) is 4.58. The van der Waals surface area contributed by atoms with Crippen LogP contribution in [0.15, 0.2) is 73.1 Å². The van der Waals surface area contributed by atoms with Crippen molar-refractivity contribution in [1.82, 2.24) is 9.97 Å². The third-order valence-electron chi connectivity index (χ3n) is 5.29. The smallest absolute Gasteiger partial charge is 0.221 e. The minimum absolute atomic E-state index is 0.119. The van der Waals surface area contributed by atoms with Crippen molar-refractivity contribution in [2.45, 2.75) is 25.9 Å². The van der Waals surface area contributed by atoms with Crippen LogP contribution in [0.1, 0.15) is 29.7 Å². The summed E-state index contributed by atoms with van der Waals surface area (Å²) in [5, 5.41) is 8.43. The molecule has 1 aromatic heterocycles. The maximum Gasteiger partial charge on any atom is 0.221 e. The van der Waals surface area contributed by atoms with Gasteiger partial charge in [0.25, 0.3) is 0 Å². The molecule has 1 amide bonds. The summed E-state index contributed by atoms with van der Waals surface area (Å²) < 4.78 is 15.1. The number of primary amides is 1. The molecule has 0 aliphatic carbocycles. The normalized spacial score (nSPS) is 11.8. The molecule has 0 saturated heterocycles. The lowest BCUT2D eigenvalue weighted by Gasteiger charge is -2.18. The standard InChI is InChI=1S/C25H24FN5O/c1-16(20-8-4-6-19-5-2-3-7-21(19)20)31-25-23(26)24(29-15-30-25)28-14-18-11-9-17(10-12-18)13-22(27)32/h2-12,15-16H,13-14H2,1H3,(H2,27,32)(H2,28,29,30,31). The summed E-state index contributed by atoms with van der Waals surface area (Å²) in [6, 6.07) is 21.4. The molecule has 4 N–H and O–H groups in total. The van der Waals surface area contributed by atoms with Crippen LogP contribution in [0.25, 0.3) is 10.8 Å². The highest BCUT2D eigenvalue weighted by Gasteiger charge is 2.15. The Morgan fingerprint density at radius 2 is 1.66 bits per heavy atom. The Kier molecular flexibility index (Phi) is 6.26. The Labute approximate surface area is 185 Å². The summed E-state index contributed by atoms with van der Waals surface area (Å²) in [5.41, 5.74) is 8.04. The molecule has 1 atom stereocenters. The summed E-state index contributed by atoms with van der Waals surface area (Å²) in [6.45, 7) is 2.35. The van der Waals surface area contributed by atoms with E-state index in [4.69, 9.17) is 5.73 Å². The number of nitrogens with two attached hydrogens (primary N) is 1. The zero-order chi connectivity index (χ0) is 22.5. The van der Waals surface area contributed by atoms with E-state index in [9.17, 15) is 4.79 Å². The second-order valence-electron chi connectivity index (χ2n) is 7.63. The van der Waals surface area contributed by atoms with Crippen LogP contribution in [-0.4, -0.2) is 15.9 Å². The van der Waals surface area contributed by atoms with E-state index in [1.807, 2.05) is 55.5 Å². The van der Waals surface area contributed by atoms with Crippen molar-refractivity contribution in [3.63, 3.8) is 0 Å². The molecule has 4 rings (SSSR count). The number of carbonyl (C=O) groups is 1. The quantitative estimate of drug-likeness (QED) is 0.381. The van der Waals surface area contributed by atoms with E-state index in [1.54, 1.807) is 0 Å². The Bertz CT molecular complexity index is 1240. The second-order valence-corrected chi connectivity index (χ2v) is 7.63. The number of rotatable bonds is 8. The lowest BCUT2D eigenvalue weighted by atomic mass is 10.00. The molecule has 0 aliphatic rings. The van der Waals surface area contributed by atoms with Gasteiger partial charge in [-0.3, -0.25) is 4.79 Å². The lowest BCUT2D eigenvalue weighted by Crippen LogP contribution is -2.13. The number of amides is 1. The summed E-state index contributed by atoms with van der Waals surface area (Å²) in [6.07, 6.45) is 1.53. The van der Waals surface area contributed by atoms with Crippen LogP contribution in [0.3, 0.4) is 0 Å². The maximum atomic E-state index is 15.1. The van der Waals surface area contributed by atoms with Gasteiger partial charge in [-0.05, 0) is 34.4 Å². The minimum Gasteiger partial charge on any atom is -0.369 e. The van der Waals surface area contributed by atoms with Crippen molar-refractivity contribution in [3.8, 4) is 0 Å². The van der Waals surface area contributed by atoms with Gasteiger partial charge in [-0.1, -0.05) is 66.7 Å². The molecule has 4 aromatic rings. The van der Waals surface area contributed by atoms with Crippen molar-refractivity contribution < 1.29 is 9.18 Å². The molecule has 0 aliphatic heterocycles. The first kappa shape index (κ1) is 21.2. The fourth-order valence-corrected chi connectivity index (χ4v) is 3.67. The van der Waals surface area contributed by atoms with Gasteiger partial charge in [-0.25, -0.2) is 9.97 Å². The average Bonchev–Trinajstić information content (AvgIpc) is 2.80.